The molecule has 139 heavy (non-hydrogen) atoms. The lowest BCUT2D eigenvalue weighted by atomic mass is 10.1. The van der Waals surface area contributed by atoms with Gasteiger partial charge in [-0.3, -0.25) is 38.7 Å². The molecule has 0 radical (unpaired) electrons. The highest BCUT2D eigenvalue weighted by Crippen LogP contribution is 2.30. The van der Waals surface area contributed by atoms with E-state index in [2.05, 4.69) is 66.7 Å². The molecule has 0 aromatic carbocycles. The highest BCUT2D eigenvalue weighted by atomic mass is 32.1. The quantitative estimate of drug-likeness (QED) is 0.0324. The Morgan fingerprint density at radius 1 is 0.367 bits per heavy atom. The molecule has 30 nitrogen and oxygen atoms in total. The third kappa shape index (κ3) is 37.4. The standard InChI is InChI=1S/C18H21FN2O3S.C18H22N2O3S.C18H22N2O3.C17H20N2O3S.C17H20N2O3.C16H20N2O3S/c1-10-4-13(24-14-5-11(2)23-8-14)6-15(20-10)17(22)7-18-21-16(9-25-18)12(3)19;1-4-13-10-24-18(20-13)8-17(21)16-7-14(5-11(2)19-16)23-15-6-12(3)22-9-15;1-12-5-6-15(19-10-12)8-18(21)17-9-16(7-13(2)20-17)23-11-14(3)22-4;1-10-4-13(22-14-5-12(3)21-8-14)6-15(18-10)16(20)7-17-19-11(2)9-23-17;1-12-8-15(22-11-13(2)21-3)10-16(19-12)17(20)9-14-6-4-5-7-18-14;1-10-5-13(21-8-12(3)20-4)6-14(17-10)15(19)7-16-18-11(2)9-22-16/h4,6,9,11-12,14H,5,7-8H2,1-3H3;5,7,10,12,15H,4,6,8-9H2,1-3H3;5-7,9-10,14H,8,11H2,1-4H3;4,6,9,12,14H,5,7-8H2,1-3H3;4-8,10,13H,9,11H2,1-3H3;5-6,9,12H,7-8H2,1-4H3/t11-,12?,14-;12-,15-;14-;12-,14-;13-;12-/m111100/s1. The van der Waals surface area contributed by atoms with E-state index in [0.717, 1.165) is 103 Å². The van der Waals surface area contributed by atoms with Crippen LogP contribution in [-0.4, -0.2) is 210 Å². The van der Waals surface area contributed by atoms with E-state index in [0.29, 0.717) is 125 Å². The number of alkyl halides is 1. The second-order valence-corrected chi connectivity index (χ2v) is 38.1. The molecule has 3 fully saturated rings. The van der Waals surface area contributed by atoms with Gasteiger partial charge < -0.3 is 56.8 Å². The molecule has 740 valence electrons. The molecule has 3 aliphatic heterocycles. The van der Waals surface area contributed by atoms with Gasteiger partial charge in [0.2, 0.25) is 0 Å². The number of ether oxygens (including phenoxy) is 12. The van der Waals surface area contributed by atoms with Crippen LogP contribution < -0.4 is 28.4 Å². The number of hydrogen-bond acceptors (Lipinski definition) is 34. The third-order valence-corrected chi connectivity index (χ3v) is 24.9. The van der Waals surface area contributed by atoms with Crippen molar-refractivity contribution in [2.75, 3.05) is 61.0 Å². The first-order chi connectivity index (χ1) is 66.4. The Balaban J connectivity index is 0.000000172. The predicted octanol–water partition coefficient (Wildman–Crippen LogP) is 18.9. The maximum atomic E-state index is 13.3. The van der Waals surface area contributed by atoms with E-state index in [-0.39, 0.29) is 128 Å². The van der Waals surface area contributed by atoms with E-state index in [1.807, 2.05) is 181 Å². The second-order valence-electron chi connectivity index (χ2n) is 34.3. The summed E-state index contributed by atoms with van der Waals surface area (Å²) in [6.45, 7) is 35.2. The Labute approximate surface area is 828 Å². The summed E-state index contributed by atoms with van der Waals surface area (Å²) in [7, 11) is 4.90. The number of halogens is 1. The van der Waals surface area contributed by atoms with Gasteiger partial charge in [0.15, 0.2) is 34.7 Å². The van der Waals surface area contributed by atoms with Crippen molar-refractivity contribution in [3.8, 4) is 34.5 Å². The van der Waals surface area contributed by atoms with E-state index in [1.165, 1.54) is 52.3 Å². The number of hydrogen-bond donors (Lipinski definition) is 0. The fraction of sp³-hybridized carbons (Fsp3) is 0.442. The Morgan fingerprint density at radius 3 is 0.964 bits per heavy atom. The van der Waals surface area contributed by atoms with Crippen LogP contribution in [0.2, 0.25) is 0 Å². The van der Waals surface area contributed by atoms with Crippen molar-refractivity contribution < 1.29 is 90.0 Å². The van der Waals surface area contributed by atoms with Crippen LogP contribution in [0, 0.1) is 62.3 Å². The summed E-state index contributed by atoms with van der Waals surface area (Å²) in [5.41, 5.74) is 12.7. The summed E-state index contributed by atoms with van der Waals surface area (Å²) in [5, 5.41) is 10.6. The molecule has 12 aromatic heterocycles. The fourth-order valence-electron chi connectivity index (χ4n) is 13.8. The first-order valence-electron chi connectivity index (χ1n) is 46.0. The Bertz CT molecular complexity index is 6020. The lowest BCUT2D eigenvalue weighted by molar-refractivity contribution is 0.0715. The van der Waals surface area contributed by atoms with Crippen molar-refractivity contribution in [2.24, 2.45) is 0 Å². The lowest BCUT2D eigenvalue weighted by Crippen LogP contribution is -2.17. The molecule has 0 bridgehead atoms. The highest BCUT2D eigenvalue weighted by molar-refractivity contribution is 7.10. The number of aryl methyl sites for hydroxylation is 10. The van der Waals surface area contributed by atoms with Gasteiger partial charge in [-0.25, -0.2) is 54.2 Å². The van der Waals surface area contributed by atoms with Gasteiger partial charge in [0.1, 0.15) is 133 Å². The second kappa shape index (κ2) is 54.7. The van der Waals surface area contributed by atoms with E-state index in [9.17, 15) is 33.2 Å². The number of rotatable bonds is 38. The maximum Gasteiger partial charge on any atom is 0.188 e. The molecule has 0 aliphatic carbocycles. The van der Waals surface area contributed by atoms with Crippen LogP contribution in [0.5, 0.6) is 34.5 Å². The van der Waals surface area contributed by atoms with Gasteiger partial charge in [-0.2, -0.15) is 0 Å². The van der Waals surface area contributed by atoms with Crippen molar-refractivity contribution in [3.05, 3.63) is 265 Å². The van der Waals surface area contributed by atoms with Gasteiger partial charge in [-0.15, -0.1) is 45.3 Å². The predicted molar refractivity (Wildman–Crippen MR) is 531 cm³/mol. The van der Waals surface area contributed by atoms with Crippen LogP contribution >= 0.6 is 45.3 Å². The molecule has 0 amide bonds. The number of Topliss-reactive ketones (excluding diaryl/α,β-unsaturated/α-hetero) is 6. The first-order valence-corrected chi connectivity index (χ1v) is 49.6. The van der Waals surface area contributed by atoms with Gasteiger partial charge in [0, 0.05) is 204 Å². The van der Waals surface area contributed by atoms with Crippen LogP contribution in [0.3, 0.4) is 0 Å². The number of pyridine rings is 8. The molecule has 35 heteroatoms. The molecule has 15 heterocycles. The molecular weight excluding hydrogens is 1850 g/mol. The molecule has 0 saturated carbocycles. The highest BCUT2D eigenvalue weighted by Gasteiger charge is 2.29. The first kappa shape index (κ1) is 109. The summed E-state index contributed by atoms with van der Waals surface area (Å²) < 4.78 is 80.0. The van der Waals surface area contributed by atoms with Crippen LogP contribution in [-0.2, 0) is 73.4 Å². The zero-order valence-electron chi connectivity index (χ0n) is 82.6. The molecule has 3 aliphatic rings. The van der Waals surface area contributed by atoms with Crippen molar-refractivity contribution in [3.63, 3.8) is 0 Å². The average molecular weight is 1980 g/mol. The minimum Gasteiger partial charge on any atom is -0.491 e. The number of carbonyl (C=O) groups excluding carboxylic acids is 6. The van der Waals surface area contributed by atoms with Crippen LogP contribution in [0.15, 0.2) is 137 Å². The van der Waals surface area contributed by atoms with Gasteiger partial charge in [-0.05, 0) is 141 Å². The monoisotopic (exact) mass is 1980 g/mol. The van der Waals surface area contributed by atoms with Gasteiger partial charge in [0.25, 0.3) is 0 Å². The topological polar surface area (TPSA) is 368 Å². The number of aromatic nitrogens is 12. The normalized spacial score (nSPS) is 16.6. The largest absolute Gasteiger partial charge is 0.491 e. The Hall–Kier alpha value is -11.8. The summed E-state index contributed by atoms with van der Waals surface area (Å²) in [6.07, 6.45) is 7.78. The maximum absolute atomic E-state index is 13.3. The van der Waals surface area contributed by atoms with Crippen molar-refractivity contribution >= 4 is 80.0 Å². The SMILES string of the molecule is CCc1csc(CC(=O)c2cc(O[C@H]3CO[C@H](C)C3)cc(C)n2)n1.CO[C@@H](C)COc1cc(C)nc(C(=O)Cc2ccccn2)c1.CO[C@@H](C)COc1cc(C)nc(C(=O)Cc2nc(C)cs2)c1.CO[C@H](C)COc1cc(C)nc(C(=O)Cc2ccc(C)cn2)c1.Cc1cc(O[C@H]2CO[C@H](C)C2)cc(C(=O)Cc2nc(C(C)F)cs2)n1.Cc1cc(O[C@H]2CO[C@H](C)C2)cc(C(=O)Cc2nc(C)cs2)n1. The number of ketones is 6. The lowest BCUT2D eigenvalue weighted by Gasteiger charge is -2.13. The van der Waals surface area contributed by atoms with Crippen LogP contribution in [0.4, 0.5) is 4.39 Å². The van der Waals surface area contributed by atoms with Crippen molar-refractivity contribution in [1.82, 2.24) is 59.8 Å². The fourth-order valence-corrected chi connectivity index (χ4v) is 17.1. The van der Waals surface area contributed by atoms with Crippen LogP contribution in [0.25, 0.3) is 0 Å². The van der Waals surface area contributed by atoms with E-state index < -0.39 is 6.17 Å². The molecule has 15 rings (SSSR count). The molecule has 12 aromatic rings. The van der Waals surface area contributed by atoms with Crippen molar-refractivity contribution in [2.45, 2.75) is 243 Å². The number of methoxy groups -OCH3 is 3. The molecule has 1 unspecified atom stereocenters. The van der Waals surface area contributed by atoms with E-state index in [1.54, 1.807) is 81.6 Å². The Kier molecular flexibility index (Phi) is 43.0. The summed E-state index contributed by atoms with van der Waals surface area (Å²) in [4.78, 5) is 126. The summed E-state index contributed by atoms with van der Waals surface area (Å²) in [6, 6.07) is 30.4. The van der Waals surface area contributed by atoms with E-state index in [4.69, 9.17) is 56.8 Å². The van der Waals surface area contributed by atoms with Gasteiger partial charge in [0.05, 0.1) is 106 Å². The van der Waals surface area contributed by atoms with E-state index >= 15 is 0 Å². The third-order valence-electron chi connectivity index (χ3n) is 21.2. The van der Waals surface area contributed by atoms with Gasteiger partial charge >= 0.3 is 0 Å². The molecule has 3 saturated heterocycles. The number of nitrogens with zero attached hydrogens (tertiary/aromatic N) is 12. The zero-order valence-corrected chi connectivity index (χ0v) is 85.9. The Morgan fingerprint density at radius 2 is 0.683 bits per heavy atom. The summed E-state index contributed by atoms with van der Waals surface area (Å²) in [5.74, 6) is 3.44. The molecule has 0 spiro atoms. The zero-order chi connectivity index (χ0) is 100. The minimum atomic E-state index is -1.13. The molecule has 10 atom stereocenters. The van der Waals surface area contributed by atoms with Crippen LogP contribution in [0.1, 0.15) is 238 Å². The average Bonchev–Trinajstić information content (AvgIpc) is 1.71. The smallest absolute Gasteiger partial charge is 0.188 e. The van der Waals surface area contributed by atoms with Gasteiger partial charge in [-0.1, -0.05) is 19.1 Å². The number of carbonyl (C=O) groups is 6. The summed E-state index contributed by atoms with van der Waals surface area (Å²) >= 11 is 5.80. The molecular formula is C104H125FN12O18S4. The van der Waals surface area contributed by atoms with Crippen molar-refractivity contribution in [1.29, 1.82) is 0 Å². The molecule has 0 N–H and O–H groups in total. The number of thiazole rings is 4. The minimum absolute atomic E-state index is 0.00712.